The van der Waals surface area contributed by atoms with E-state index < -0.39 is 5.56 Å². The maximum absolute atomic E-state index is 11.9. The molecule has 6 nitrogen and oxygen atoms in total. The number of aromatic amines is 1. The zero-order chi connectivity index (χ0) is 16.0. The minimum absolute atomic E-state index is 0.224. The van der Waals surface area contributed by atoms with Crippen molar-refractivity contribution in [1.29, 1.82) is 0 Å². The molecule has 0 amide bonds. The molecule has 4 rings (SSSR count). The lowest BCUT2D eigenvalue weighted by Gasteiger charge is -2.06. The fourth-order valence-electron chi connectivity index (χ4n) is 2.80. The Morgan fingerprint density at radius 3 is 2.74 bits per heavy atom. The van der Waals surface area contributed by atoms with E-state index in [-0.39, 0.29) is 11.7 Å². The van der Waals surface area contributed by atoms with Crippen LogP contribution in [0.1, 0.15) is 5.56 Å². The predicted molar refractivity (Wildman–Crippen MR) is 89.5 cm³/mol. The number of nitrogens with one attached hydrogen (secondary N) is 1. The summed E-state index contributed by atoms with van der Waals surface area (Å²) in [6, 6.07) is 15.6. The molecular weight excluding hydrogens is 292 g/mol. The molecule has 2 aromatic heterocycles. The van der Waals surface area contributed by atoms with Crippen molar-refractivity contribution in [2.75, 3.05) is 5.73 Å². The van der Waals surface area contributed by atoms with Crippen LogP contribution in [0.25, 0.3) is 21.7 Å². The van der Waals surface area contributed by atoms with Crippen molar-refractivity contribution in [2.45, 2.75) is 6.54 Å². The van der Waals surface area contributed by atoms with Gasteiger partial charge in [-0.05, 0) is 22.4 Å². The van der Waals surface area contributed by atoms with Crippen molar-refractivity contribution in [3.8, 4) is 5.88 Å². The Kier molecular flexibility index (Phi) is 2.84. The SMILES string of the molecule is Nc1c2c(=O)[nH]c(O)cc2nn1Cc1ccc2ccccc2c1. The fraction of sp³-hybridized carbons (Fsp3) is 0.0588. The predicted octanol–water partition coefficient (Wildman–Crippen LogP) is 2.21. The van der Waals surface area contributed by atoms with Gasteiger partial charge in [-0.3, -0.25) is 9.78 Å². The van der Waals surface area contributed by atoms with Crippen molar-refractivity contribution in [3.63, 3.8) is 0 Å². The number of anilines is 1. The summed E-state index contributed by atoms with van der Waals surface area (Å²) in [5.74, 6) is 0.0623. The number of nitrogens with zero attached hydrogens (tertiary/aromatic N) is 2. The average Bonchev–Trinajstić information content (AvgIpc) is 2.83. The molecule has 0 aliphatic heterocycles. The number of pyridine rings is 1. The number of nitrogens with two attached hydrogens (primary N) is 1. The van der Waals surface area contributed by atoms with Crippen LogP contribution < -0.4 is 11.3 Å². The van der Waals surface area contributed by atoms with Gasteiger partial charge in [-0.1, -0.05) is 36.4 Å². The van der Waals surface area contributed by atoms with Crippen LogP contribution >= 0.6 is 0 Å². The first kappa shape index (κ1) is 13.4. The molecule has 0 bridgehead atoms. The van der Waals surface area contributed by atoms with Gasteiger partial charge >= 0.3 is 0 Å². The van der Waals surface area contributed by atoms with E-state index >= 15 is 0 Å². The van der Waals surface area contributed by atoms with Gasteiger partial charge in [0, 0.05) is 6.07 Å². The standard InChI is InChI=1S/C17H14N4O2/c18-16-15-13(8-14(22)19-17(15)23)20-21(16)9-10-5-6-11-3-1-2-4-12(11)7-10/h1-8,22H,9,18H2,(H,19,23). The number of aromatic nitrogens is 3. The monoisotopic (exact) mass is 306 g/mol. The van der Waals surface area contributed by atoms with Gasteiger partial charge in [-0.25, -0.2) is 4.68 Å². The maximum atomic E-state index is 11.9. The lowest BCUT2D eigenvalue weighted by atomic mass is 10.1. The van der Waals surface area contributed by atoms with Crippen LogP contribution in [-0.2, 0) is 6.54 Å². The van der Waals surface area contributed by atoms with E-state index in [0.717, 1.165) is 16.3 Å². The van der Waals surface area contributed by atoms with Crippen LogP contribution in [0.3, 0.4) is 0 Å². The summed E-state index contributed by atoms with van der Waals surface area (Å²) < 4.78 is 1.57. The summed E-state index contributed by atoms with van der Waals surface area (Å²) in [4.78, 5) is 14.2. The molecule has 6 heteroatoms. The Morgan fingerprint density at radius 1 is 1.13 bits per heavy atom. The molecule has 0 saturated heterocycles. The molecule has 0 fully saturated rings. The highest BCUT2D eigenvalue weighted by Gasteiger charge is 2.13. The number of rotatable bonds is 2. The first-order valence-electron chi connectivity index (χ1n) is 7.18. The van der Waals surface area contributed by atoms with Crippen molar-refractivity contribution in [3.05, 3.63) is 64.4 Å². The molecule has 0 spiro atoms. The zero-order valence-corrected chi connectivity index (χ0v) is 12.2. The highest BCUT2D eigenvalue weighted by Crippen LogP contribution is 2.21. The van der Waals surface area contributed by atoms with Gasteiger partial charge in [0.2, 0.25) is 0 Å². The van der Waals surface area contributed by atoms with Gasteiger partial charge in [0.1, 0.15) is 16.7 Å². The minimum Gasteiger partial charge on any atom is -0.494 e. The van der Waals surface area contributed by atoms with Crippen LogP contribution in [0.15, 0.2) is 53.3 Å². The number of benzene rings is 2. The lowest BCUT2D eigenvalue weighted by Crippen LogP contribution is -2.09. The molecule has 2 heterocycles. The second-order valence-electron chi connectivity index (χ2n) is 5.47. The Morgan fingerprint density at radius 2 is 1.91 bits per heavy atom. The fourth-order valence-corrected chi connectivity index (χ4v) is 2.80. The van der Waals surface area contributed by atoms with E-state index in [1.54, 1.807) is 4.68 Å². The van der Waals surface area contributed by atoms with Crippen LogP contribution in [0.4, 0.5) is 5.82 Å². The quantitative estimate of drug-likeness (QED) is 0.529. The normalized spacial score (nSPS) is 11.3. The van der Waals surface area contributed by atoms with Gasteiger partial charge in [0.05, 0.1) is 6.54 Å². The van der Waals surface area contributed by atoms with Crippen molar-refractivity contribution in [2.24, 2.45) is 0 Å². The van der Waals surface area contributed by atoms with Crippen molar-refractivity contribution < 1.29 is 5.11 Å². The third-order valence-corrected chi connectivity index (χ3v) is 3.91. The molecule has 0 unspecified atom stereocenters. The number of H-pyrrole nitrogens is 1. The summed E-state index contributed by atoms with van der Waals surface area (Å²) >= 11 is 0. The van der Waals surface area contributed by atoms with E-state index in [4.69, 9.17) is 5.73 Å². The number of hydrogen-bond donors (Lipinski definition) is 3. The van der Waals surface area contributed by atoms with E-state index in [1.807, 2.05) is 30.3 Å². The van der Waals surface area contributed by atoms with E-state index in [2.05, 4.69) is 22.2 Å². The first-order chi connectivity index (χ1) is 11.1. The second kappa shape index (κ2) is 4.88. The Hall–Kier alpha value is -3.28. The molecule has 4 aromatic rings. The summed E-state index contributed by atoms with van der Waals surface area (Å²) in [6.07, 6.45) is 0. The third-order valence-electron chi connectivity index (χ3n) is 3.91. The van der Waals surface area contributed by atoms with Crippen LogP contribution in [-0.4, -0.2) is 19.9 Å². The van der Waals surface area contributed by atoms with Crippen LogP contribution in [0.2, 0.25) is 0 Å². The van der Waals surface area contributed by atoms with Gasteiger partial charge in [-0.2, -0.15) is 5.10 Å². The molecule has 0 aliphatic carbocycles. The summed E-state index contributed by atoms with van der Waals surface area (Å²) in [6.45, 7) is 0.450. The topological polar surface area (TPSA) is 96.9 Å². The molecule has 23 heavy (non-hydrogen) atoms. The Labute approximate surface area is 130 Å². The molecule has 0 aliphatic rings. The van der Waals surface area contributed by atoms with Gasteiger partial charge < -0.3 is 10.8 Å². The van der Waals surface area contributed by atoms with Gasteiger partial charge in [0.15, 0.2) is 5.88 Å². The molecule has 0 radical (unpaired) electrons. The van der Waals surface area contributed by atoms with Crippen LogP contribution in [0.5, 0.6) is 5.88 Å². The van der Waals surface area contributed by atoms with Gasteiger partial charge in [0.25, 0.3) is 5.56 Å². The van der Waals surface area contributed by atoms with E-state index in [0.29, 0.717) is 17.4 Å². The number of nitrogen functional groups attached to an aromatic ring is 1. The third kappa shape index (κ3) is 2.20. The smallest absolute Gasteiger partial charge is 0.263 e. The van der Waals surface area contributed by atoms with E-state index in [1.165, 1.54) is 6.07 Å². The van der Waals surface area contributed by atoms with E-state index in [9.17, 15) is 9.90 Å². The number of hydrogen-bond acceptors (Lipinski definition) is 4. The molecule has 0 saturated carbocycles. The minimum atomic E-state index is -0.442. The number of fused-ring (bicyclic) bond motifs is 2. The molecule has 114 valence electrons. The summed E-state index contributed by atoms with van der Waals surface area (Å²) in [5.41, 5.74) is 7.02. The van der Waals surface area contributed by atoms with Crippen molar-refractivity contribution in [1.82, 2.24) is 14.8 Å². The van der Waals surface area contributed by atoms with Crippen LogP contribution in [0, 0.1) is 0 Å². The number of aromatic hydroxyl groups is 1. The molecule has 4 N–H and O–H groups in total. The Balaban J connectivity index is 1.81. The largest absolute Gasteiger partial charge is 0.494 e. The molecule has 2 aromatic carbocycles. The highest BCUT2D eigenvalue weighted by atomic mass is 16.3. The van der Waals surface area contributed by atoms with Crippen molar-refractivity contribution >= 4 is 27.5 Å². The average molecular weight is 306 g/mol. The Bertz CT molecular complexity index is 1090. The lowest BCUT2D eigenvalue weighted by molar-refractivity contribution is 0.453. The zero-order valence-electron chi connectivity index (χ0n) is 12.2. The highest BCUT2D eigenvalue weighted by molar-refractivity contribution is 5.88. The second-order valence-corrected chi connectivity index (χ2v) is 5.47. The summed E-state index contributed by atoms with van der Waals surface area (Å²) in [5, 5.41) is 16.4. The molecule has 0 atom stereocenters. The first-order valence-corrected chi connectivity index (χ1v) is 7.18. The van der Waals surface area contributed by atoms with Gasteiger partial charge in [-0.15, -0.1) is 0 Å². The summed E-state index contributed by atoms with van der Waals surface area (Å²) in [7, 11) is 0. The molecular formula is C17H14N4O2. The maximum Gasteiger partial charge on any atom is 0.263 e.